The van der Waals surface area contributed by atoms with Gasteiger partial charge in [0.2, 0.25) is 0 Å². The molecule has 0 saturated carbocycles. The lowest BCUT2D eigenvalue weighted by molar-refractivity contribution is 0.274. The molecule has 0 amide bonds. The maximum atomic E-state index is 5.70. The van der Waals surface area contributed by atoms with Gasteiger partial charge in [0, 0.05) is 19.0 Å². The number of hydrogen-bond acceptors (Lipinski definition) is 3. The Bertz CT molecular complexity index is 603. The van der Waals surface area contributed by atoms with Crippen LogP contribution in [0.3, 0.4) is 0 Å². The van der Waals surface area contributed by atoms with Crippen molar-refractivity contribution in [2.75, 3.05) is 11.9 Å². The van der Waals surface area contributed by atoms with Crippen molar-refractivity contribution in [1.29, 1.82) is 0 Å². The number of nitrogens with one attached hydrogen (secondary N) is 1. The Morgan fingerprint density at radius 3 is 2.84 bits per heavy atom. The third-order valence-electron chi connectivity index (χ3n) is 3.79. The van der Waals surface area contributed by atoms with Crippen LogP contribution in [0.25, 0.3) is 0 Å². The van der Waals surface area contributed by atoms with Gasteiger partial charge in [-0.05, 0) is 19.9 Å². The molecule has 1 aromatic carbocycles. The van der Waals surface area contributed by atoms with Crippen LogP contribution in [0.2, 0.25) is 0 Å². The van der Waals surface area contributed by atoms with Crippen molar-refractivity contribution in [3.05, 3.63) is 41.2 Å². The average Bonchev–Trinajstić information content (AvgIpc) is 2.66. The largest absolute Gasteiger partial charge is 0.493 e. The zero-order chi connectivity index (χ0) is 13.4. The zero-order valence-electron chi connectivity index (χ0n) is 11.6. The minimum atomic E-state index is 0.298. The van der Waals surface area contributed by atoms with Gasteiger partial charge in [-0.1, -0.05) is 18.2 Å². The molecule has 4 nitrogen and oxygen atoms in total. The van der Waals surface area contributed by atoms with Crippen LogP contribution in [0.5, 0.6) is 5.75 Å². The van der Waals surface area contributed by atoms with Crippen LogP contribution in [0, 0.1) is 13.8 Å². The van der Waals surface area contributed by atoms with E-state index in [4.69, 9.17) is 4.74 Å². The van der Waals surface area contributed by atoms with Crippen LogP contribution in [0.1, 0.15) is 29.4 Å². The van der Waals surface area contributed by atoms with Crippen molar-refractivity contribution in [2.45, 2.75) is 26.3 Å². The van der Waals surface area contributed by atoms with Gasteiger partial charge in [0.05, 0.1) is 29.7 Å². The second-order valence-electron chi connectivity index (χ2n) is 5.04. The molecule has 1 N–H and O–H groups in total. The Morgan fingerprint density at radius 1 is 1.32 bits per heavy atom. The van der Waals surface area contributed by atoms with Crippen molar-refractivity contribution in [3.63, 3.8) is 0 Å². The number of nitrogens with zero attached hydrogens (tertiary/aromatic N) is 2. The molecule has 0 spiro atoms. The van der Waals surface area contributed by atoms with Gasteiger partial charge in [-0.2, -0.15) is 5.10 Å². The number of para-hydroxylation sites is 1. The van der Waals surface area contributed by atoms with Crippen molar-refractivity contribution in [1.82, 2.24) is 9.78 Å². The standard InChI is InChI=1S/C15H19N3O/c1-10-15(11(2)18(3)17-10)16-13-8-9-19-14-7-5-4-6-12(13)14/h4-7,13,16H,8-9H2,1-3H3. The van der Waals surface area contributed by atoms with E-state index < -0.39 is 0 Å². The maximum absolute atomic E-state index is 5.70. The highest BCUT2D eigenvalue weighted by Crippen LogP contribution is 2.35. The molecule has 2 aromatic rings. The quantitative estimate of drug-likeness (QED) is 0.899. The lowest BCUT2D eigenvalue weighted by atomic mass is 10.00. The normalized spacial score (nSPS) is 17.7. The van der Waals surface area contributed by atoms with Crippen molar-refractivity contribution in [2.24, 2.45) is 7.05 Å². The molecule has 1 unspecified atom stereocenters. The van der Waals surface area contributed by atoms with Gasteiger partial charge in [-0.25, -0.2) is 0 Å². The first-order valence-electron chi connectivity index (χ1n) is 6.65. The summed E-state index contributed by atoms with van der Waals surface area (Å²) in [7, 11) is 1.98. The van der Waals surface area contributed by atoms with Crippen LogP contribution in [-0.2, 0) is 7.05 Å². The Kier molecular flexibility index (Phi) is 2.93. The maximum Gasteiger partial charge on any atom is 0.124 e. The molecule has 4 heteroatoms. The van der Waals surface area contributed by atoms with Gasteiger partial charge < -0.3 is 10.1 Å². The second kappa shape index (κ2) is 4.61. The molecule has 1 aromatic heterocycles. The number of benzene rings is 1. The molecular formula is C15H19N3O. The Hall–Kier alpha value is -1.97. The number of fused-ring (bicyclic) bond motifs is 1. The van der Waals surface area contributed by atoms with E-state index in [0.717, 1.165) is 30.2 Å². The summed E-state index contributed by atoms with van der Waals surface area (Å²) in [6.07, 6.45) is 0.977. The predicted octanol–water partition coefficient (Wildman–Crippen LogP) is 2.97. The third-order valence-corrected chi connectivity index (χ3v) is 3.79. The van der Waals surface area contributed by atoms with Gasteiger partial charge in [0.1, 0.15) is 5.75 Å². The van der Waals surface area contributed by atoms with Crippen molar-refractivity contribution < 1.29 is 4.74 Å². The van der Waals surface area contributed by atoms with Crippen LogP contribution in [0.4, 0.5) is 5.69 Å². The summed E-state index contributed by atoms with van der Waals surface area (Å²) in [6.45, 7) is 4.89. The molecule has 0 saturated heterocycles. The highest BCUT2D eigenvalue weighted by atomic mass is 16.5. The number of aromatic nitrogens is 2. The number of aryl methyl sites for hydroxylation is 2. The average molecular weight is 257 g/mol. The van der Waals surface area contributed by atoms with Gasteiger partial charge >= 0.3 is 0 Å². The zero-order valence-corrected chi connectivity index (χ0v) is 11.6. The molecule has 0 fully saturated rings. The molecule has 0 aliphatic carbocycles. The molecule has 1 aliphatic rings. The van der Waals surface area contributed by atoms with E-state index in [9.17, 15) is 0 Å². The van der Waals surface area contributed by atoms with E-state index >= 15 is 0 Å². The van der Waals surface area contributed by atoms with E-state index in [-0.39, 0.29) is 0 Å². The summed E-state index contributed by atoms with van der Waals surface area (Å²) in [5, 5.41) is 8.09. The summed E-state index contributed by atoms with van der Waals surface area (Å²) in [5.41, 5.74) is 4.59. The molecule has 100 valence electrons. The summed E-state index contributed by atoms with van der Waals surface area (Å²) < 4.78 is 7.62. The fourth-order valence-corrected chi connectivity index (χ4v) is 2.65. The third kappa shape index (κ3) is 2.07. The van der Waals surface area contributed by atoms with E-state index in [1.807, 2.05) is 30.8 Å². The molecule has 3 rings (SSSR count). The van der Waals surface area contributed by atoms with E-state index in [2.05, 4.69) is 29.5 Å². The minimum Gasteiger partial charge on any atom is -0.493 e. The fraction of sp³-hybridized carbons (Fsp3) is 0.400. The monoisotopic (exact) mass is 257 g/mol. The van der Waals surface area contributed by atoms with Crippen molar-refractivity contribution >= 4 is 5.69 Å². The van der Waals surface area contributed by atoms with Crippen molar-refractivity contribution in [3.8, 4) is 5.75 Å². The molecule has 0 radical (unpaired) electrons. The predicted molar refractivity (Wildman–Crippen MR) is 75.6 cm³/mol. The number of rotatable bonds is 2. The van der Waals surface area contributed by atoms with Gasteiger partial charge in [0.25, 0.3) is 0 Å². The topological polar surface area (TPSA) is 39.1 Å². The lowest BCUT2D eigenvalue weighted by Crippen LogP contribution is -2.20. The molecule has 1 aliphatic heterocycles. The van der Waals surface area contributed by atoms with Gasteiger partial charge in [-0.3, -0.25) is 4.68 Å². The molecule has 0 bridgehead atoms. The van der Waals surface area contributed by atoms with E-state index in [1.165, 1.54) is 11.3 Å². The molecule has 1 atom stereocenters. The van der Waals surface area contributed by atoms with Gasteiger partial charge in [0.15, 0.2) is 0 Å². The van der Waals surface area contributed by atoms with Gasteiger partial charge in [-0.15, -0.1) is 0 Å². The van der Waals surface area contributed by atoms with E-state index in [1.54, 1.807) is 0 Å². The van der Waals surface area contributed by atoms with E-state index in [0.29, 0.717) is 6.04 Å². The molecular weight excluding hydrogens is 238 g/mol. The minimum absolute atomic E-state index is 0.298. The number of anilines is 1. The first kappa shape index (κ1) is 12.1. The van der Waals surface area contributed by atoms with Crippen LogP contribution >= 0.6 is 0 Å². The van der Waals surface area contributed by atoms with Crippen LogP contribution in [0.15, 0.2) is 24.3 Å². The number of ether oxygens (including phenoxy) is 1. The molecule has 19 heavy (non-hydrogen) atoms. The smallest absolute Gasteiger partial charge is 0.124 e. The Morgan fingerprint density at radius 2 is 2.11 bits per heavy atom. The fourth-order valence-electron chi connectivity index (χ4n) is 2.65. The van der Waals surface area contributed by atoms with Crippen LogP contribution in [-0.4, -0.2) is 16.4 Å². The Labute approximate surface area is 113 Å². The SMILES string of the molecule is Cc1nn(C)c(C)c1NC1CCOc2ccccc21. The summed E-state index contributed by atoms with van der Waals surface area (Å²) in [5.74, 6) is 0.991. The second-order valence-corrected chi connectivity index (χ2v) is 5.04. The van der Waals surface area contributed by atoms with Crippen LogP contribution < -0.4 is 10.1 Å². The summed E-state index contributed by atoms with van der Waals surface area (Å²) in [6, 6.07) is 8.54. The lowest BCUT2D eigenvalue weighted by Gasteiger charge is -2.27. The highest BCUT2D eigenvalue weighted by Gasteiger charge is 2.22. The Balaban J connectivity index is 1.93. The summed E-state index contributed by atoms with van der Waals surface area (Å²) in [4.78, 5) is 0. The number of hydrogen-bond donors (Lipinski definition) is 1. The molecule has 2 heterocycles. The first-order chi connectivity index (χ1) is 9.16. The summed E-state index contributed by atoms with van der Waals surface area (Å²) >= 11 is 0. The first-order valence-corrected chi connectivity index (χ1v) is 6.65. The highest BCUT2D eigenvalue weighted by molar-refractivity contribution is 5.55.